The molecule has 2 N–H and O–H groups in total. The monoisotopic (exact) mass is 331 g/mol. The van der Waals surface area contributed by atoms with E-state index in [1.54, 1.807) is 6.07 Å². The number of hydrogen-bond acceptors (Lipinski definition) is 2. The van der Waals surface area contributed by atoms with Gasteiger partial charge >= 0.3 is 0 Å². The van der Waals surface area contributed by atoms with E-state index in [1.165, 1.54) is 23.1 Å². The molecule has 104 valence electrons. The first-order valence-electron chi connectivity index (χ1n) is 7.02. The lowest BCUT2D eigenvalue weighted by Gasteiger charge is -2.26. The minimum absolute atomic E-state index is 0.373. The molecule has 20 heavy (non-hydrogen) atoms. The number of halogens is 1. The summed E-state index contributed by atoms with van der Waals surface area (Å²) in [6.45, 7) is 0.873. The van der Waals surface area contributed by atoms with E-state index in [0.717, 1.165) is 23.9 Å². The molecule has 0 bridgehead atoms. The van der Waals surface area contributed by atoms with Crippen molar-refractivity contribution in [3.63, 3.8) is 0 Å². The Balaban J connectivity index is 1.71. The fourth-order valence-electron chi connectivity index (χ4n) is 2.86. The van der Waals surface area contributed by atoms with Gasteiger partial charge in [0.2, 0.25) is 0 Å². The fraction of sp³-hybridized carbons (Fsp3) is 0.294. The Morgan fingerprint density at radius 1 is 1.15 bits per heavy atom. The Bertz CT molecular complexity index is 594. The van der Waals surface area contributed by atoms with Crippen LogP contribution in [-0.2, 0) is 13.0 Å². The third-order valence-corrected chi connectivity index (χ3v) is 4.44. The quantitative estimate of drug-likeness (QED) is 0.877. The first-order chi connectivity index (χ1) is 9.72. The van der Waals surface area contributed by atoms with Crippen LogP contribution in [0.25, 0.3) is 0 Å². The van der Waals surface area contributed by atoms with Crippen LogP contribution in [0.3, 0.4) is 0 Å². The van der Waals surface area contributed by atoms with Crippen LogP contribution >= 0.6 is 15.9 Å². The molecule has 0 spiro atoms. The van der Waals surface area contributed by atoms with Crippen molar-refractivity contribution in [1.29, 1.82) is 0 Å². The van der Waals surface area contributed by atoms with Crippen LogP contribution in [-0.4, -0.2) is 5.11 Å². The van der Waals surface area contributed by atoms with Crippen molar-refractivity contribution >= 4 is 15.9 Å². The van der Waals surface area contributed by atoms with Crippen LogP contribution in [0.1, 0.15) is 35.6 Å². The summed E-state index contributed by atoms with van der Waals surface area (Å²) in [5, 5.41) is 13.2. The summed E-state index contributed by atoms with van der Waals surface area (Å²) in [7, 11) is 0. The highest BCUT2D eigenvalue weighted by atomic mass is 79.9. The second-order valence-corrected chi connectivity index (χ2v) is 6.25. The zero-order valence-corrected chi connectivity index (χ0v) is 12.9. The zero-order chi connectivity index (χ0) is 13.9. The van der Waals surface area contributed by atoms with Crippen LogP contribution in [0.4, 0.5) is 0 Å². The molecule has 0 heterocycles. The van der Waals surface area contributed by atoms with E-state index in [0.29, 0.717) is 11.8 Å². The summed E-state index contributed by atoms with van der Waals surface area (Å²) in [5.41, 5.74) is 3.91. The molecule has 0 fully saturated rings. The van der Waals surface area contributed by atoms with Gasteiger partial charge in [0, 0.05) is 17.1 Å². The van der Waals surface area contributed by atoms with E-state index >= 15 is 0 Å². The standard InChI is InChI=1S/C17H18BrNO/c18-14-6-4-12(5-7-14)11-19-17-3-1-2-13-10-15(20)8-9-16(13)17/h4-10,17,19-20H,1-3,11H2. The van der Waals surface area contributed by atoms with Gasteiger partial charge in [0.05, 0.1) is 0 Å². The smallest absolute Gasteiger partial charge is 0.115 e. The summed E-state index contributed by atoms with van der Waals surface area (Å²) in [6, 6.07) is 14.6. The number of nitrogens with one attached hydrogen (secondary N) is 1. The number of aryl methyl sites for hydroxylation is 1. The van der Waals surface area contributed by atoms with Gasteiger partial charge in [-0.3, -0.25) is 0 Å². The molecule has 2 aromatic rings. The van der Waals surface area contributed by atoms with Gasteiger partial charge in [0.15, 0.2) is 0 Å². The lowest BCUT2D eigenvalue weighted by molar-refractivity contribution is 0.449. The molecule has 2 nitrogen and oxygen atoms in total. The van der Waals surface area contributed by atoms with E-state index in [1.807, 2.05) is 6.07 Å². The lowest BCUT2D eigenvalue weighted by atomic mass is 9.87. The Kier molecular flexibility index (Phi) is 4.08. The Morgan fingerprint density at radius 2 is 1.95 bits per heavy atom. The molecule has 1 aliphatic carbocycles. The van der Waals surface area contributed by atoms with Gasteiger partial charge < -0.3 is 10.4 Å². The van der Waals surface area contributed by atoms with Crippen molar-refractivity contribution < 1.29 is 5.11 Å². The zero-order valence-electron chi connectivity index (χ0n) is 11.3. The van der Waals surface area contributed by atoms with E-state index < -0.39 is 0 Å². The normalized spacial score (nSPS) is 17.8. The van der Waals surface area contributed by atoms with Crippen molar-refractivity contribution in [3.05, 3.63) is 63.6 Å². The number of benzene rings is 2. The minimum Gasteiger partial charge on any atom is -0.508 e. The molecular weight excluding hydrogens is 314 g/mol. The lowest BCUT2D eigenvalue weighted by Crippen LogP contribution is -2.24. The van der Waals surface area contributed by atoms with E-state index in [4.69, 9.17) is 0 Å². The van der Waals surface area contributed by atoms with Crippen molar-refractivity contribution in [2.45, 2.75) is 31.8 Å². The molecule has 2 aromatic carbocycles. The summed E-state index contributed by atoms with van der Waals surface area (Å²) in [5.74, 6) is 0.373. The molecule has 0 aliphatic heterocycles. The Morgan fingerprint density at radius 3 is 2.75 bits per heavy atom. The second-order valence-electron chi connectivity index (χ2n) is 5.34. The van der Waals surface area contributed by atoms with Crippen LogP contribution in [0, 0.1) is 0 Å². The molecule has 1 aliphatic rings. The maximum Gasteiger partial charge on any atom is 0.115 e. The van der Waals surface area contributed by atoms with Crippen molar-refractivity contribution in [3.8, 4) is 5.75 Å². The molecule has 3 heteroatoms. The van der Waals surface area contributed by atoms with Gasteiger partial charge in [-0.25, -0.2) is 0 Å². The number of phenols is 1. The van der Waals surface area contributed by atoms with Gasteiger partial charge in [-0.1, -0.05) is 34.1 Å². The molecular formula is C17H18BrNO. The molecule has 0 saturated heterocycles. The highest BCUT2D eigenvalue weighted by Gasteiger charge is 2.19. The third-order valence-electron chi connectivity index (χ3n) is 3.91. The summed E-state index contributed by atoms with van der Waals surface area (Å²) in [6.07, 6.45) is 3.41. The van der Waals surface area contributed by atoms with Crippen molar-refractivity contribution in [2.75, 3.05) is 0 Å². The molecule has 0 saturated carbocycles. The molecule has 0 amide bonds. The number of fused-ring (bicyclic) bond motifs is 1. The van der Waals surface area contributed by atoms with E-state index in [9.17, 15) is 5.11 Å². The molecule has 0 radical (unpaired) electrons. The highest BCUT2D eigenvalue weighted by molar-refractivity contribution is 9.10. The first-order valence-corrected chi connectivity index (χ1v) is 7.81. The molecule has 3 rings (SSSR count). The van der Waals surface area contributed by atoms with Crippen LogP contribution in [0.15, 0.2) is 46.9 Å². The number of rotatable bonds is 3. The summed E-state index contributed by atoms with van der Waals surface area (Å²) in [4.78, 5) is 0. The van der Waals surface area contributed by atoms with Gasteiger partial charge in [-0.05, 0) is 60.2 Å². The SMILES string of the molecule is Oc1ccc2c(c1)CCCC2NCc1ccc(Br)cc1. The topological polar surface area (TPSA) is 32.3 Å². The average Bonchev–Trinajstić information content (AvgIpc) is 2.46. The fourth-order valence-corrected chi connectivity index (χ4v) is 3.12. The first kappa shape index (κ1) is 13.7. The maximum atomic E-state index is 9.58. The van der Waals surface area contributed by atoms with Crippen molar-refractivity contribution in [1.82, 2.24) is 5.32 Å². The minimum atomic E-state index is 0.373. The largest absolute Gasteiger partial charge is 0.508 e. The van der Waals surface area contributed by atoms with E-state index in [2.05, 4.69) is 51.6 Å². The van der Waals surface area contributed by atoms with E-state index in [-0.39, 0.29) is 0 Å². The second kappa shape index (κ2) is 5.98. The van der Waals surface area contributed by atoms with Gasteiger partial charge in [-0.2, -0.15) is 0 Å². The molecule has 1 atom stereocenters. The molecule has 0 aromatic heterocycles. The highest BCUT2D eigenvalue weighted by Crippen LogP contribution is 2.32. The molecule has 1 unspecified atom stereocenters. The number of hydrogen-bond donors (Lipinski definition) is 2. The number of aromatic hydroxyl groups is 1. The van der Waals surface area contributed by atoms with Crippen LogP contribution < -0.4 is 5.32 Å². The Hall–Kier alpha value is -1.32. The van der Waals surface area contributed by atoms with Gasteiger partial charge in [-0.15, -0.1) is 0 Å². The number of phenolic OH excluding ortho intramolecular Hbond substituents is 1. The van der Waals surface area contributed by atoms with Crippen molar-refractivity contribution in [2.24, 2.45) is 0 Å². The van der Waals surface area contributed by atoms with Crippen LogP contribution in [0.5, 0.6) is 5.75 Å². The van der Waals surface area contributed by atoms with Gasteiger partial charge in [0.25, 0.3) is 0 Å². The summed E-state index contributed by atoms with van der Waals surface area (Å²) >= 11 is 3.46. The maximum absolute atomic E-state index is 9.58. The third kappa shape index (κ3) is 3.05. The predicted octanol–water partition coefficient (Wildman–Crippen LogP) is 4.32. The summed E-state index contributed by atoms with van der Waals surface area (Å²) < 4.78 is 1.11. The Labute approximate surface area is 128 Å². The average molecular weight is 332 g/mol. The predicted molar refractivity (Wildman–Crippen MR) is 84.8 cm³/mol. The van der Waals surface area contributed by atoms with Gasteiger partial charge in [0.1, 0.15) is 5.75 Å². The van der Waals surface area contributed by atoms with Crippen LogP contribution in [0.2, 0.25) is 0 Å².